The fourth-order valence-electron chi connectivity index (χ4n) is 4.83. The van der Waals surface area contributed by atoms with E-state index < -0.39 is 12.1 Å². The first-order chi connectivity index (χ1) is 19.0. The van der Waals surface area contributed by atoms with Gasteiger partial charge in [0.1, 0.15) is 5.92 Å². The number of anilines is 2. The first kappa shape index (κ1) is 25.2. The number of hydrogen-bond donors (Lipinski definition) is 1. The van der Waals surface area contributed by atoms with Crippen molar-refractivity contribution in [3.63, 3.8) is 0 Å². The van der Waals surface area contributed by atoms with Crippen LogP contribution in [0.2, 0.25) is 0 Å². The molecule has 0 saturated carbocycles. The summed E-state index contributed by atoms with van der Waals surface area (Å²) in [5.74, 6) is -1.32. The van der Waals surface area contributed by atoms with Crippen molar-refractivity contribution < 1.29 is 9.90 Å². The standard InChI is InChI=1S/C31H23BrN4O2S/c32-22-18-16-21(17-19-22)26-20-27(36(33-26)25-14-8-3-9-15-25)28-29(37)34(23-10-4-1-5-11-23)31(39)35(30(28)38)24-12-6-2-7-13-24/h1-20,28-29,37H. The molecule has 39 heavy (non-hydrogen) atoms. The van der Waals surface area contributed by atoms with E-state index in [4.69, 9.17) is 17.3 Å². The summed E-state index contributed by atoms with van der Waals surface area (Å²) in [6.07, 6.45) is -1.26. The normalized spacial score (nSPS) is 17.5. The molecule has 1 aliphatic heterocycles. The van der Waals surface area contributed by atoms with E-state index >= 15 is 0 Å². The van der Waals surface area contributed by atoms with E-state index in [-0.39, 0.29) is 11.0 Å². The minimum Gasteiger partial charge on any atom is -0.372 e. The quantitative estimate of drug-likeness (QED) is 0.234. The number of benzene rings is 4. The molecule has 0 radical (unpaired) electrons. The van der Waals surface area contributed by atoms with E-state index in [0.717, 1.165) is 15.7 Å². The molecule has 6 rings (SSSR count). The number of hydrogen-bond acceptors (Lipinski definition) is 4. The Bertz CT molecular complexity index is 1630. The van der Waals surface area contributed by atoms with Crippen molar-refractivity contribution in [2.24, 2.45) is 0 Å². The maximum atomic E-state index is 14.3. The number of thiocarbonyl (C=S) groups is 1. The lowest BCUT2D eigenvalue weighted by atomic mass is 9.96. The average molecular weight is 596 g/mol. The summed E-state index contributed by atoms with van der Waals surface area (Å²) in [7, 11) is 0. The average Bonchev–Trinajstić information content (AvgIpc) is 3.40. The molecule has 2 unspecified atom stereocenters. The van der Waals surface area contributed by atoms with E-state index in [9.17, 15) is 9.90 Å². The zero-order valence-electron chi connectivity index (χ0n) is 20.6. The van der Waals surface area contributed by atoms with Crippen LogP contribution in [0.25, 0.3) is 16.9 Å². The molecular weight excluding hydrogens is 572 g/mol. The van der Waals surface area contributed by atoms with Crippen molar-refractivity contribution in [2.45, 2.75) is 12.1 Å². The highest BCUT2D eigenvalue weighted by molar-refractivity contribution is 9.10. The molecule has 1 saturated heterocycles. The third kappa shape index (κ3) is 4.67. The first-order valence-corrected chi connectivity index (χ1v) is 13.6. The second kappa shape index (κ2) is 10.6. The van der Waals surface area contributed by atoms with Crippen LogP contribution in [0, 0.1) is 0 Å². The number of amides is 1. The second-order valence-electron chi connectivity index (χ2n) is 9.10. The molecule has 192 valence electrons. The van der Waals surface area contributed by atoms with E-state index in [1.165, 1.54) is 4.90 Å². The number of aliphatic hydroxyl groups is 1. The van der Waals surface area contributed by atoms with Gasteiger partial charge in [-0.25, -0.2) is 4.68 Å². The molecule has 2 heterocycles. The molecule has 6 nitrogen and oxygen atoms in total. The molecular formula is C31H23BrN4O2S. The monoisotopic (exact) mass is 594 g/mol. The van der Waals surface area contributed by atoms with Crippen molar-refractivity contribution in [3.8, 4) is 16.9 Å². The van der Waals surface area contributed by atoms with Gasteiger partial charge in [0.15, 0.2) is 11.3 Å². The van der Waals surface area contributed by atoms with Crippen LogP contribution in [0.4, 0.5) is 11.4 Å². The molecule has 1 aliphatic rings. The fraction of sp³-hybridized carbons (Fsp3) is 0.0645. The lowest BCUT2D eigenvalue weighted by molar-refractivity contribution is -0.122. The van der Waals surface area contributed by atoms with E-state index in [0.29, 0.717) is 22.8 Å². The van der Waals surface area contributed by atoms with Crippen LogP contribution in [0.5, 0.6) is 0 Å². The smallest absolute Gasteiger partial charge is 0.247 e. The molecule has 1 N–H and O–H groups in total. The maximum Gasteiger partial charge on any atom is 0.247 e. The van der Waals surface area contributed by atoms with Crippen LogP contribution in [-0.2, 0) is 4.79 Å². The first-order valence-electron chi connectivity index (χ1n) is 12.4. The Morgan fingerprint density at radius 3 is 1.87 bits per heavy atom. The molecule has 2 atom stereocenters. The Hall–Kier alpha value is -4.11. The van der Waals surface area contributed by atoms with Crippen molar-refractivity contribution >= 4 is 50.5 Å². The van der Waals surface area contributed by atoms with Gasteiger partial charge in [0.2, 0.25) is 5.91 Å². The Morgan fingerprint density at radius 1 is 0.744 bits per heavy atom. The summed E-state index contributed by atoms with van der Waals surface area (Å²) in [4.78, 5) is 17.4. The number of para-hydroxylation sites is 3. The zero-order chi connectivity index (χ0) is 26.9. The van der Waals surface area contributed by atoms with Gasteiger partial charge in [-0.2, -0.15) is 5.10 Å². The third-order valence-electron chi connectivity index (χ3n) is 6.69. The molecule has 0 aliphatic carbocycles. The Morgan fingerprint density at radius 2 is 1.28 bits per heavy atom. The van der Waals surface area contributed by atoms with Crippen molar-refractivity contribution in [2.75, 3.05) is 9.80 Å². The largest absolute Gasteiger partial charge is 0.372 e. The summed E-state index contributed by atoms with van der Waals surface area (Å²) in [6, 6.07) is 38.0. The Balaban J connectivity index is 1.55. The summed E-state index contributed by atoms with van der Waals surface area (Å²) in [5.41, 5.74) is 4.23. The number of halogens is 1. The van der Waals surface area contributed by atoms with Crippen LogP contribution in [0.15, 0.2) is 126 Å². The van der Waals surface area contributed by atoms with Crippen molar-refractivity contribution in [3.05, 3.63) is 131 Å². The molecule has 0 bridgehead atoms. The number of aliphatic hydroxyl groups excluding tert-OH is 1. The molecule has 8 heteroatoms. The van der Waals surface area contributed by atoms with Gasteiger partial charge in [0, 0.05) is 15.7 Å². The van der Waals surface area contributed by atoms with Crippen LogP contribution in [0.1, 0.15) is 11.6 Å². The summed E-state index contributed by atoms with van der Waals surface area (Å²) < 4.78 is 2.70. The van der Waals surface area contributed by atoms with E-state index in [1.54, 1.807) is 9.58 Å². The summed E-state index contributed by atoms with van der Waals surface area (Å²) in [6.45, 7) is 0. The van der Waals surface area contributed by atoms with Gasteiger partial charge < -0.3 is 5.11 Å². The predicted octanol–water partition coefficient (Wildman–Crippen LogP) is 6.54. The summed E-state index contributed by atoms with van der Waals surface area (Å²) in [5, 5.41) is 17.0. The molecule has 5 aromatic rings. The van der Waals surface area contributed by atoms with Gasteiger partial charge in [-0.05, 0) is 66.8 Å². The van der Waals surface area contributed by atoms with Gasteiger partial charge in [0.25, 0.3) is 0 Å². The molecule has 1 aromatic heterocycles. The van der Waals surface area contributed by atoms with Crippen molar-refractivity contribution in [1.82, 2.24) is 9.78 Å². The predicted molar refractivity (Wildman–Crippen MR) is 161 cm³/mol. The molecule has 1 amide bonds. The zero-order valence-corrected chi connectivity index (χ0v) is 23.0. The highest BCUT2D eigenvalue weighted by Gasteiger charge is 2.47. The number of rotatable bonds is 5. The van der Waals surface area contributed by atoms with Crippen LogP contribution < -0.4 is 9.80 Å². The topological polar surface area (TPSA) is 61.6 Å². The van der Waals surface area contributed by atoms with Gasteiger partial charge in [-0.15, -0.1) is 0 Å². The van der Waals surface area contributed by atoms with Crippen LogP contribution >= 0.6 is 28.1 Å². The number of carbonyl (C=O) groups excluding carboxylic acids is 1. The lowest BCUT2D eigenvalue weighted by Crippen LogP contribution is -2.61. The van der Waals surface area contributed by atoms with Crippen LogP contribution in [-0.4, -0.2) is 32.1 Å². The SMILES string of the molecule is O=C1C(c2cc(-c3ccc(Br)cc3)nn2-c2ccccc2)C(O)N(c2ccccc2)C(=S)N1c1ccccc1. The highest BCUT2D eigenvalue weighted by Crippen LogP contribution is 2.38. The van der Waals surface area contributed by atoms with E-state index in [1.807, 2.05) is 121 Å². The fourth-order valence-corrected chi connectivity index (χ4v) is 5.50. The third-order valence-corrected chi connectivity index (χ3v) is 7.60. The number of carbonyl (C=O) groups is 1. The number of aromatic nitrogens is 2. The number of nitrogens with zero attached hydrogens (tertiary/aromatic N) is 4. The van der Waals surface area contributed by atoms with Crippen molar-refractivity contribution in [1.29, 1.82) is 0 Å². The molecule has 4 aromatic carbocycles. The lowest BCUT2D eigenvalue weighted by Gasteiger charge is -2.44. The van der Waals surface area contributed by atoms with Gasteiger partial charge in [-0.1, -0.05) is 82.7 Å². The van der Waals surface area contributed by atoms with Gasteiger partial charge in [-0.3, -0.25) is 14.6 Å². The Kier molecular flexibility index (Phi) is 6.83. The second-order valence-corrected chi connectivity index (χ2v) is 10.4. The minimum absolute atomic E-state index is 0.208. The van der Waals surface area contributed by atoms with Crippen LogP contribution in [0.3, 0.4) is 0 Å². The van der Waals surface area contributed by atoms with Gasteiger partial charge in [0.05, 0.1) is 22.8 Å². The maximum absolute atomic E-state index is 14.3. The molecule has 0 spiro atoms. The summed E-state index contributed by atoms with van der Waals surface area (Å²) >= 11 is 9.32. The van der Waals surface area contributed by atoms with Gasteiger partial charge >= 0.3 is 0 Å². The minimum atomic E-state index is -1.26. The van der Waals surface area contributed by atoms with E-state index in [2.05, 4.69) is 15.9 Å². The molecule has 1 fully saturated rings. The Labute approximate surface area is 239 Å². The highest BCUT2D eigenvalue weighted by atomic mass is 79.9.